The van der Waals surface area contributed by atoms with Crippen molar-refractivity contribution in [3.05, 3.63) is 0 Å². The monoisotopic (exact) mass is 410 g/mol. The number of carbonyl (C=O) groups excluding carboxylic acids is 2. The molecule has 6 nitrogen and oxygen atoms in total. The molecule has 0 saturated carbocycles. The maximum atomic E-state index is 12.5. The number of rotatable bonds is 6. The van der Waals surface area contributed by atoms with Crippen LogP contribution in [0.1, 0.15) is 87.5 Å². The Balaban J connectivity index is 1.71. The van der Waals surface area contributed by atoms with Crippen LogP contribution in [-0.2, 0) is 19.1 Å². The van der Waals surface area contributed by atoms with Gasteiger partial charge in [0.2, 0.25) is 0 Å². The lowest BCUT2D eigenvalue weighted by Crippen LogP contribution is -2.59. The third-order valence-electron chi connectivity index (χ3n) is 5.82. The Hall–Kier alpha value is -1.14. The van der Waals surface area contributed by atoms with E-state index < -0.39 is 0 Å². The number of piperidine rings is 2. The van der Waals surface area contributed by atoms with Crippen molar-refractivity contribution in [2.24, 2.45) is 11.8 Å². The van der Waals surface area contributed by atoms with E-state index in [4.69, 9.17) is 9.47 Å². The van der Waals surface area contributed by atoms with Crippen molar-refractivity contribution in [2.45, 2.75) is 110 Å². The van der Waals surface area contributed by atoms with E-state index in [1.807, 2.05) is 0 Å². The highest BCUT2D eigenvalue weighted by Crippen LogP contribution is 2.34. The van der Waals surface area contributed by atoms with E-state index in [1.54, 1.807) is 0 Å². The highest BCUT2D eigenvalue weighted by Gasteiger charge is 2.42. The van der Waals surface area contributed by atoms with Crippen LogP contribution in [0.5, 0.6) is 0 Å². The van der Waals surface area contributed by atoms with Gasteiger partial charge >= 0.3 is 11.9 Å². The molecule has 0 aromatic carbocycles. The van der Waals surface area contributed by atoms with Gasteiger partial charge in [0.05, 0.1) is 25.0 Å². The third-order valence-corrected chi connectivity index (χ3v) is 5.82. The Labute approximate surface area is 176 Å². The molecule has 2 rings (SSSR count). The number of hydrogen-bond acceptors (Lipinski definition) is 6. The smallest absolute Gasteiger partial charge is 0.309 e. The Morgan fingerprint density at radius 1 is 0.655 bits per heavy atom. The Morgan fingerprint density at radius 3 is 1.21 bits per heavy atom. The van der Waals surface area contributed by atoms with Crippen LogP contribution in [0.25, 0.3) is 0 Å². The van der Waals surface area contributed by atoms with Gasteiger partial charge in [0, 0.05) is 28.6 Å². The maximum absolute atomic E-state index is 12.5. The van der Waals surface area contributed by atoms with Crippen molar-refractivity contribution in [1.82, 2.24) is 10.6 Å². The van der Waals surface area contributed by atoms with Gasteiger partial charge in [-0.25, -0.2) is 0 Å². The molecule has 0 aliphatic carbocycles. The van der Waals surface area contributed by atoms with E-state index in [2.05, 4.69) is 66.0 Å². The van der Waals surface area contributed by atoms with Crippen molar-refractivity contribution in [2.75, 3.05) is 13.2 Å². The number of ether oxygens (including phenoxy) is 2. The van der Waals surface area contributed by atoms with Crippen LogP contribution in [0.15, 0.2) is 0 Å². The minimum absolute atomic E-state index is 0.0859. The Kier molecular flexibility index (Phi) is 7.11. The lowest BCUT2D eigenvalue weighted by molar-refractivity contribution is -0.154. The van der Waals surface area contributed by atoms with Gasteiger partial charge in [0.1, 0.15) is 0 Å². The van der Waals surface area contributed by atoms with Gasteiger partial charge in [-0.1, -0.05) is 0 Å². The van der Waals surface area contributed by atoms with E-state index >= 15 is 0 Å². The van der Waals surface area contributed by atoms with Crippen LogP contribution in [0, 0.1) is 11.8 Å². The molecule has 2 N–H and O–H groups in total. The second-order valence-electron chi connectivity index (χ2n) is 11.7. The molecule has 2 heterocycles. The molecule has 2 fully saturated rings. The van der Waals surface area contributed by atoms with E-state index in [0.29, 0.717) is 19.6 Å². The molecular weight excluding hydrogens is 368 g/mol. The summed E-state index contributed by atoms with van der Waals surface area (Å²) in [6, 6.07) is 0. The van der Waals surface area contributed by atoms with Crippen molar-refractivity contribution in [3.63, 3.8) is 0 Å². The SMILES string of the molecule is CC1(C)CC(C(=O)OCCCOC(=O)C2CC(C)(C)NC(C)(C)C2)CC(C)(C)N1. The first-order valence-electron chi connectivity index (χ1n) is 11.0. The number of carbonyl (C=O) groups is 2. The molecule has 0 bridgehead atoms. The van der Waals surface area contributed by atoms with Gasteiger partial charge in [-0.15, -0.1) is 0 Å². The molecule has 2 saturated heterocycles. The van der Waals surface area contributed by atoms with Crippen molar-refractivity contribution in [1.29, 1.82) is 0 Å². The summed E-state index contributed by atoms with van der Waals surface area (Å²) in [4.78, 5) is 25.0. The second-order valence-corrected chi connectivity index (χ2v) is 11.7. The average molecular weight is 411 g/mol. The lowest BCUT2D eigenvalue weighted by atomic mass is 9.76. The Morgan fingerprint density at radius 2 is 0.931 bits per heavy atom. The van der Waals surface area contributed by atoms with Crippen LogP contribution >= 0.6 is 0 Å². The molecule has 2 aliphatic heterocycles. The predicted octanol–water partition coefficient (Wildman–Crippen LogP) is 3.58. The van der Waals surface area contributed by atoms with Crippen LogP contribution < -0.4 is 10.6 Å². The third kappa shape index (κ3) is 7.56. The molecule has 0 aromatic rings. The van der Waals surface area contributed by atoms with E-state index in [9.17, 15) is 9.59 Å². The minimum Gasteiger partial charge on any atom is -0.465 e. The zero-order valence-corrected chi connectivity index (χ0v) is 19.7. The fraction of sp³-hybridized carbons (Fsp3) is 0.913. The standard InChI is InChI=1S/C23H42N2O4/c1-20(2)12-16(13-21(3,4)24-20)18(26)28-10-9-11-29-19(27)17-14-22(5,6)25-23(7,8)15-17/h16-17,24-25H,9-15H2,1-8H3. The summed E-state index contributed by atoms with van der Waals surface area (Å²) in [5.74, 6) is -0.465. The first kappa shape index (κ1) is 24.1. The molecular formula is C23H42N2O4. The van der Waals surface area contributed by atoms with E-state index in [0.717, 1.165) is 25.7 Å². The normalized spacial score (nSPS) is 25.9. The van der Waals surface area contributed by atoms with Gasteiger partial charge in [-0.3, -0.25) is 9.59 Å². The van der Waals surface area contributed by atoms with Crippen LogP contribution in [0.4, 0.5) is 0 Å². The molecule has 0 radical (unpaired) electrons. The van der Waals surface area contributed by atoms with Gasteiger partial charge < -0.3 is 20.1 Å². The summed E-state index contributed by atoms with van der Waals surface area (Å²) < 4.78 is 11.0. The minimum atomic E-state index is -0.138. The fourth-order valence-electron chi connectivity index (χ4n) is 5.62. The van der Waals surface area contributed by atoms with E-state index in [-0.39, 0.29) is 45.9 Å². The van der Waals surface area contributed by atoms with Crippen LogP contribution in [0.3, 0.4) is 0 Å². The Bertz CT molecular complexity index is 526. The van der Waals surface area contributed by atoms with Gasteiger partial charge in [-0.05, 0) is 81.1 Å². The highest BCUT2D eigenvalue weighted by molar-refractivity contribution is 5.73. The molecule has 0 atom stereocenters. The molecule has 2 aliphatic rings. The summed E-state index contributed by atoms with van der Waals surface area (Å²) in [6.45, 7) is 17.6. The van der Waals surface area contributed by atoms with Crippen molar-refractivity contribution < 1.29 is 19.1 Å². The van der Waals surface area contributed by atoms with Crippen molar-refractivity contribution in [3.8, 4) is 0 Å². The predicted molar refractivity (Wildman–Crippen MR) is 115 cm³/mol. The first-order chi connectivity index (χ1) is 13.1. The summed E-state index contributed by atoms with van der Waals surface area (Å²) in [5, 5.41) is 7.16. The van der Waals surface area contributed by atoms with Gasteiger partial charge in [0.15, 0.2) is 0 Å². The summed E-state index contributed by atoms with van der Waals surface area (Å²) in [6.07, 6.45) is 3.61. The second kappa shape index (κ2) is 8.54. The average Bonchev–Trinajstić information content (AvgIpc) is 2.48. The van der Waals surface area contributed by atoms with E-state index in [1.165, 1.54) is 0 Å². The van der Waals surface area contributed by atoms with Crippen LogP contribution in [-0.4, -0.2) is 47.3 Å². The number of hydrogen-bond donors (Lipinski definition) is 2. The number of nitrogens with one attached hydrogen (secondary N) is 2. The fourth-order valence-corrected chi connectivity index (χ4v) is 5.62. The molecule has 29 heavy (non-hydrogen) atoms. The van der Waals surface area contributed by atoms with Gasteiger partial charge in [-0.2, -0.15) is 0 Å². The zero-order chi connectivity index (χ0) is 22.1. The lowest BCUT2D eigenvalue weighted by Gasteiger charge is -2.45. The summed E-state index contributed by atoms with van der Waals surface area (Å²) in [7, 11) is 0. The maximum Gasteiger partial charge on any atom is 0.309 e. The number of esters is 2. The molecule has 0 aromatic heterocycles. The molecule has 6 heteroatoms. The molecule has 0 unspecified atom stereocenters. The van der Waals surface area contributed by atoms with Gasteiger partial charge in [0.25, 0.3) is 0 Å². The highest BCUT2D eigenvalue weighted by atomic mass is 16.5. The zero-order valence-electron chi connectivity index (χ0n) is 19.7. The van der Waals surface area contributed by atoms with Crippen molar-refractivity contribution >= 4 is 11.9 Å². The summed E-state index contributed by atoms with van der Waals surface area (Å²) in [5.41, 5.74) is -0.344. The molecule has 0 spiro atoms. The quantitative estimate of drug-likeness (QED) is 0.515. The van der Waals surface area contributed by atoms with Crippen LogP contribution in [0.2, 0.25) is 0 Å². The molecule has 168 valence electrons. The first-order valence-corrected chi connectivity index (χ1v) is 11.0. The largest absolute Gasteiger partial charge is 0.465 e. The molecule has 0 amide bonds. The summed E-state index contributed by atoms with van der Waals surface area (Å²) >= 11 is 0. The topological polar surface area (TPSA) is 76.7 Å².